The minimum absolute atomic E-state index is 0.154. The van der Waals surface area contributed by atoms with Crippen LogP contribution >= 0.6 is 0 Å². The van der Waals surface area contributed by atoms with Crippen molar-refractivity contribution in [2.45, 2.75) is 49.0 Å². The van der Waals surface area contributed by atoms with Gasteiger partial charge in [-0.15, -0.1) is 0 Å². The average Bonchev–Trinajstić information content (AvgIpc) is 3.17. The Kier molecular flexibility index (Phi) is 5.37. The first-order valence-corrected chi connectivity index (χ1v) is 12.5. The zero-order valence-corrected chi connectivity index (χ0v) is 18.2. The Morgan fingerprint density at radius 2 is 1.83 bits per heavy atom. The molecule has 1 aromatic carbocycles. The second kappa shape index (κ2) is 7.89. The first-order chi connectivity index (χ1) is 14.5. The number of aryl methyl sites for hydroxylation is 2. The van der Waals surface area contributed by atoms with Crippen LogP contribution in [-0.2, 0) is 37.1 Å². The molecule has 0 N–H and O–H groups in total. The number of rotatable bonds is 4. The van der Waals surface area contributed by atoms with Gasteiger partial charge in [0.15, 0.2) is 0 Å². The van der Waals surface area contributed by atoms with Crippen LogP contribution in [0.1, 0.15) is 36.8 Å². The van der Waals surface area contributed by atoms with Crippen LogP contribution in [0.3, 0.4) is 0 Å². The van der Waals surface area contributed by atoms with E-state index in [2.05, 4.69) is 0 Å². The summed E-state index contributed by atoms with van der Waals surface area (Å²) >= 11 is 0. The van der Waals surface area contributed by atoms with E-state index in [1.54, 1.807) is 6.07 Å². The van der Waals surface area contributed by atoms with Crippen molar-refractivity contribution >= 4 is 15.9 Å². The van der Waals surface area contributed by atoms with E-state index in [-0.39, 0.29) is 11.8 Å². The van der Waals surface area contributed by atoms with Crippen LogP contribution in [0.15, 0.2) is 23.1 Å². The molecule has 3 aliphatic heterocycles. The van der Waals surface area contributed by atoms with Crippen LogP contribution in [0.25, 0.3) is 0 Å². The summed E-state index contributed by atoms with van der Waals surface area (Å²) in [6.07, 6.45) is 5.53. The number of nitrogens with zero attached hydrogens (tertiary/aromatic N) is 2. The molecule has 1 atom stereocenters. The lowest BCUT2D eigenvalue weighted by Crippen LogP contribution is -2.63. The first kappa shape index (κ1) is 20.4. The molecule has 1 aliphatic carbocycles. The summed E-state index contributed by atoms with van der Waals surface area (Å²) in [5.74, 6) is 0.316. The summed E-state index contributed by atoms with van der Waals surface area (Å²) < 4.78 is 39.1. The van der Waals surface area contributed by atoms with Gasteiger partial charge in [-0.2, -0.15) is 4.31 Å². The van der Waals surface area contributed by atoms with Crippen molar-refractivity contribution in [3.63, 3.8) is 0 Å². The van der Waals surface area contributed by atoms with E-state index in [1.807, 2.05) is 17.0 Å². The number of ether oxygens (including phenoxy) is 2. The van der Waals surface area contributed by atoms with Gasteiger partial charge in [-0.1, -0.05) is 6.07 Å². The minimum Gasteiger partial charge on any atom is -0.378 e. The first-order valence-electron chi connectivity index (χ1n) is 11.1. The van der Waals surface area contributed by atoms with Crippen LogP contribution in [0.4, 0.5) is 0 Å². The lowest BCUT2D eigenvalue weighted by Gasteiger charge is -2.46. The Labute approximate surface area is 178 Å². The van der Waals surface area contributed by atoms with Gasteiger partial charge in [0, 0.05) is 32.6 Å². The predicted octanol–water partition coefficient (Wildman–Crippen LogP) is 1.59. The van der Waals surface area contributed by atoms with Gasteiger partial charge in [-0.25, -0.2) is 8.42 Å². The molecule has 5 rings (SSSR count). The molecule has 1 spiro atoms. The van der Waals surface area contributed by atoms with Crippen molar-refractivity contribution in [2.24, 2.45) is 5.92 Å². The number of benzene rings is 1. The van der Waals surface area contributed by atoms with Crippen LogP contribution in [-0.4, -0.2) is 75.1 Å². The second-order valence-corrected chi connectivity index (χ2v) is 11.1. The second-order valence-electron chi connectivity index (χ2n) is 9.17. The average molecular weight is 435 g/mol. The molecule has 1 amide bonds. The fourth-order valence-electron chi connectivity index (χ4n) is 5.26. The normalized spacial score (nSPS) is 26.4. The molecule has 0 aromatic heterocycles. The topological polar surface area (TPSA) is 76.2 Å². The lowest BCUT2D eigenvalue weighted by molar-refractivity contribution is -0.136. The number of fused-ring (bicyclic) bond motifs is 1. The molecule has 7 nitrogen and oxygen atoms in total. The van der Waals surface area contributed by atoms with Gasteiger partial charge in [-0.05, 0) is 61.3 Å². The Morgan fingerprint density at radius 3 is 2.60 bits per heavy atom. The summed E-state index contributed by atoms with van der Waals surface area (Å²) in [6.45, 7) is 3.82. The number of morpholine rings is 1. The number of amides is 1. The quantitative estimate of drug-likeness (QED) is 0.719. The third-order valence-electron chi connectivity index (χ3n) is 7.00. The standard InChI is InChI=1S/C22H30N2O5S/c25-21(23-7-9-28-10-8-23)11-17-13-22(29-14-17)15-24(16-22)30(26,27)20-6-5-18-3-1-2-4-19(18)12-20/h5-6,12,17H,1-4,7-11,13-16H2. The maximum atomic E-state index is 13.1. The van der Waals surface area contributed by atoms with Gasteiger partial charge in [0.05, 0.1) is 30.3 Å². The minimum atomic E-state index is -3.49. The van der Waals surface area contributed by atoms with Crippen LogP contribution in [0.2, 0.25) is 0 Å². The molecule has 3 heterocycles. The highest BCUT2D eigenvalue weighted by Gasteiger charge is 2.53. The summed E-state index contributed by atoms with van der Waals surface area (Å²) in [4.78, 5) is 14.8. The van der Waals surface area contributed by atoms with Crippen LogP contribution < -0.4 is 0 Å². The number of carbonyl (C=O) groups is 1. The van der Waals surface area contributed by atoms with Crippen molar-refractivity contribution in [1.82, 2.24) is 9.21 Å². The lowest BCUT2D eigenvalue weighted by atomic mass is 9.87. The molecule has 1 aromatic rings. The highest BCUT2D eigenvalue weighted by atomic mass is 32.2. The number of hydrogen-bond acceptors (Lipinski definition) is 5. The number of hydrogen-bond donors (Lipinski definition) is 0. The van der Waals surface area contributed by atoms with Gasteiger partial charge < -0.3 is 14.4 Å². The third-order valence-corrected chi connectivity index (χ3v) is 8.79. The van der Waals surface area contributed by atoms with E-state index in [1.165, 1.54) is 21.9 Å². The van der Waals surface area contributed by atoms with Crippen molar-refractivity contribution in [3.8, 4) is 0 Å². The van der Waals surface area contributed by atoms with E-state index in [0.717, 1.165) is 25.7 Å². The van der Waals surface area contributed by atoms with E-state index in [9.17, 15) is 13.2 Å². The maximum absolute atomic E-state index is 13.1. The SMILES string of the molecule is O=C(CC1COC2(C1)CN(S(=O)(=O)c1ccc3c(c1)CCCC3)C2)N1CCOCC1. The largest absolute Gasteiger partial charge is 0.378 e. The van der Waals surface area contributed by atoms with Gasteiger partial charge >= 0.3 is 0 Å². The molecule has 30 heavy (non-hydrogen) atoms. The highest BCUT2D eigenvalue weighted by molar-refractivity contribution is 7.89. The van der Waals surface area contributed by atoms with Gasteiger partial charge in [0.25, 0.3) is 0 Å². The molecule has 1 unspecified atom stereocenters. The molecule has 0 bridgehead atoms. The highest BCUT2D eigenvalue weighted by Crippen LogP contribution is 2.41. The van der Waals surface area contributed by atoms with Crippen molar-refractivity contribution < 1.29 is 22.7 Å². The molecular formula is C22H30N2O5S. The Morgan fingerprint density at radius 1 is 1.10 bits per heavy atom. The summed E-state index contributed by atoms with van der Waals surface area (Å²) in [5.41, 5.74) is 2.04. The van der Waals surface area contributed by atoms with Crippen molar-refractivity contribution in [2.75, 3.05) is 46.0 Å². The van der Waals surface area contributed by atoms with E-state index in [4.69, 9.17) is 9.47 Å². The molecule has 4 aliphatic rings. The number of carbonyl (C=O) groups excluding carboxylic acids is 1. The zero-order chi connectivity index (χ0) is 20.8. The fourth-order valence-corrected chi connectivity index (χ4v) is 6.90. The molecule has 0 saturated carbocycles. The maximum Gasteiger partial charge on any atom is 0.243 e. The van der Waals surface area contributed by atoms with Gasteiger partial charge in [-0.3, -0.25) is 4.79 Å². The Hall–Kier alpha value is -1.48. The summed E-state index contributed by atoms with van der Waals surface area (Å²) in [7, 11) is -3.49. The van der Waals surface area contributed by atoms with Crippen molar-refractivity contribution in [3.05, 3.63) is 29.3 Å². The number of sulfonamides is 1. The zero-order valence-electron chi connectivity index (χ0n) is 17.3. The monoisotopic (exact) mass is 434 g/mol. The van der Waals surface area contributed by atoms with Crippen LogP contribution in [0.5, 0.6) is 0 Å². The molecule has 0 radical (unpaired) electrons. The molecular weight excluding hydrogens is 404 g/mol. The van der Waals surface area contributed by atoms with Gasteiger partial charge in [0.1, 0.15) is 0 Å². The fraction of sp³-hybridized carbons (Fsp3) is 0.682. The van der Waals surface area contributed by atoms with Crippen molar-refractivity contribution in [1.29, 1.82) is 0 Å². The molecule has 3 saturated heterocycles. The van der Waals surface area contributed by atoms with Gasteiger partial charge in [0.2, 0.25) is 15.9 Å². The van der Waals surface area contributed by atoms with E-state index >= 15 is 0 Å². The Balaban J connectivity index is 1.19. The molecule has 8 heteroatoms. The van der Waals surface area contributed by atoms with E-state index < -0.39 is 15.6 Å². The smallest absolute Gasteiger partial charge is 0.243 e. The summed E-state index contributed by atoms with van der Waals surface area (Å²) in [6, 6.07) is 5.61. The Bertz CT molecular complexity index is 919. The molecule has 164 valence electrons. The predicted molar refractivity (Wildman–Crippen MR) is 111 cm³/mol. The van der Waals surface area contributed by atoms with Crippen LogP contribution in [0, 0.1) is 5.92 Å². The third kappa shape index (κ3) is 3.79. The summed E-state index contributed by atoms with van der Waals surface area (Å²) in [5, 5.41) is 0. The molecule has 3 fully saturated rings. The van der Waals surface area contributed by atoms with E-state index in [0.29, 0.717) is 57.3 Å².